The van der Waals surface area contributed by atoms with Gasteiger partial charge in [-0.15, -0.1) is 0 Å². The molecule has 1 atom stereocenters. The molecule has 0 spiro atoms. The summed E-state index contributed by atoms with van der Waals surface area (Å²) < 4.78 is 0. The van der Waals surface area contributed by atoms with Gasteiger partial charge in [-0.1, -0.05) is 6.92 Å². The second kappa shape index (κ2) is 4.55. The third-order valence-electron chi connectivity index (χ3n) is 4.03. The number of nitriles is 1. The van der Waals surface area contributed by atoms with Crippen molar-refractivity contribution in [3.63, 3.8) is 0 Å². The fraction of sp³-hybridized carbons (Fsp3) is 0.857. The summed E-state index contributed by atoms with van der Waals surface area (Å²) >= 11 is 0. The van der Waals surface area contributed by atoms with E-state index in [1.165, 1.54) is 0 Å². The van der Waals surface area contributed by atoms with E-state index in [4.69, 9.17) is 0 Å². The number of carboxylic acid groups (broad SMARTS) is 1. The minimum absolute atomic E-state index is 0.115. The Kier molecular flexibility index (Phi) is 3.78. The summed E-state index contributed by atoms with van der Waals surface area (Å²) in [5, 5.41) is 22.4. The molecule has 1 heterocycles. The van der Waals surface area contributed by atoms with Crippen LogP contribution in [0.25, 0.3) is 0 Å². The molecule has 1 fully saturated rings. The average molecular weight is 252 g/mol. The number of piperidine rings is 1. The van der Waals surface area contributed by atoms with Gasteiger partial charge in [-0.2, -0.15) is 5.26 Å². The van der Waals surface area contributed by atoms with Gasteiger partial charge < -0.3 is 10.4 Å². The number of carbonyl (C=O) groups is 1. The third kappa shape index (κ3) is 2.67. The van der Waals surface area contributed by atoms with Crippen molar-refractivity contribution >= 4 is 5.97 Å². The summed E-state index contributed by atoms with van der Waals surface area (Å²) in [6.07, 6.45) is 1.78. The largest absolute Gasteiger partial charge is 0.480 e. The summed E-state index contributed by atoms with van der Waals surface area (Å²) in [6, 6.07) is 2.08. The van der Waals surface area contributed by atoms with Gasteiger partial charge in [0.2, 0.25) is 0 Å². The van der Waals surface area contributed by atoms with Crippen LogP contribution in [0.15, 0.2) is 0 Å². The molecule has 1 rings (SSSR count). The number of nitrogens with zero attached hydrogens (tertiary/aromatic N) is 1. The molecule has 0 aromatic rings. The first-order valence-electron chi connectivity index (χ1n) is 6.52. The molecule has 1 aliphatic rings. The molecule has 0 saturated carbocycles. The smallest absolute Gasteiger partial charge is 0.324 e. The second-order valence-electron chi connectivity index (χ2n) is 6.74. The van der Waals surface area contributed by atoms with Crippen LogP contribution in [-0.2, 0) is 4.79 Å². The maximum Gasteiger partial charge on any atom is 0.324 e. The number of carboxylic acids is 1. The van der Waals surface area contributed by atoms with Crippen LogP contribution in [0, 0.1) is 22.7 Å². The van der Waals surface area contributed by atoms with E-state index in [-0.39, 0.29) is 17.0 Å². The number of rotatable bonds is 3. The van der Waals surface area contributed by atoms with Gasteiger partial charge in [-0.3, -0.25) is 4.79 Å². The zero-order valence-corrected chi connectivity index (χ0v) is 12.0. The van der Waals surface area contributed by atoms with Crippen molar-refractivity contribution in [2.75, 3.05) is 0 Å². The third-order valence-corrected chi connectivity index (χ3v) is 4.03. The van der Waals surface area contributed by atoms with Crippen LogP contribution in [0.1, 0.15) is 53.9 Å². The minimum atomic E-state index is -1.25. The lowest BCUT2D eigenvalue weighted by molar-refractivity contribution is -0.150. The van der Waals surface area contributed by atoms with E-state index in [0.29, 0.717) is 19.3 Å². The molecule has 1 saturated heterocycles. The Hall–Kier alpha value is -1.08. The van der Waals surface area contributed by atoms with E-state index in [1.54, 1.807) is 6.92 Å². The van der Waals surface area contributed by atoms with Crippen LogP contribution in [0.2, 0.25) is 0 Å². The molecule has 0 amide bonds. The Morgan fingerprint density at radius 1 is 1.39 bits per heavy atom. The van der Waals surface area contributed by atoms with Crippen molar-refractivity contribution in [3.05, 3.63) is 0 Å². The number of hydrogen-bond donors (Lipinski definition) is 2. The lowest BCUT2D eigenvalue weighted by Gasteiger charge is -2.49. The summed E-state index contributed by atoms with van der Waals surface area (Å²) in [7, 11) is 0. The predicted molar refractivity (Wildman–Crippen MR) is 70.0 cm³/mol. The average Bonchev–Trinajstić information content (AvgIpc) is 2.14. The second-order valence-corrected chi connectivity index (χ2v) is 6.74. The fourth-order valence-electron chi connectivity index (χ4n) is 3.50. The Morgan fingerprint density at radius 2 is 1.83 bits per heavy atom. The molecule has 0 radical (unpaired) electrons. The highest BCUT2D eigenvalue weighted by molar-refractivity contribution is 5.78. The van der Waals surface area contributed by atoms with Crippen molar-refractivity contribution < 1.29 is 9.90 Å². The Bertz CT molecular complexity index is 366. The Morgan fingerprint density at radius 3 is 2.11 bits per heavy atom. The van der Waals surface area contributed by atoms with Gasteiger partial charge in [0.05, 0.1) is 6.07 Å². The number of nitrogens with one attached hydrogen (secondary N) is 1. The van der Waals surface area contributed by atoms with Crippen molar-refractivity contribution in [3.8, 4) is 6.07 Å². The standard InChI is InChI=1S/C14H24N2O2/c1-6-14(9-15,11(17)18)10-7-12(2,3)16-13(4,5)8-10/h10,16H,6-8H2,1-5H3,(H,17,18). The van der Waals surface area contributed by atoms with Crippen molar-refractivity contribution in [2.45, 2.75) is 65.0 Å². The van der Waals surface area contributed by atoms with E-state index >= 15 is 0 Å². The molecular weight excluding hydrogens is 228 g/mol. The fourth-order valence-corrected chi connectivity index (χ4v) is 3.50. The molecule has 102 valence electrons. The lowest BCUT2D eigenvalue weighted by atomic mass is 9.63. The van der Waals surface area contributed by atoms with E-state index in [2.05, 4.69) is 39.1 Å². The van der Waals surface area contributed by atoms with Gasteiger partial charge in [-0.05, 0) is 52.9 Å². The summed E-state index contributed by atoms with van der Waals surface area (Å²) in [4.78, 5) is 11.6. The zero-order valence-electron chi connectivity index (χ0n) is 12.0. The minimum Gasteiger partial charge on any atom is -0.480 e. The molecule has 2 N–H and O–H groups in total. The van der Waals surface area contributed by atoms with Crippen LogP contribution in [0.4, 0.5) is 0 Å². The molecule has 0 aromatic carbocycles. The molecule has 0 aliphatic carbocycles. The van der Waals surface area contributed by atoms with Crippen LogP contribution in [-0.4, -0.2) is 22.2 Å². The zero-order chi connectivity index (χ0) is 14.2. The monoisotopic (exact) mass is 252 g/mol. The van der Waals surface area contributed by atoms with Crippen molar-refractivity contribution in [1.29, 1.82) is 5.26 Å². The normalized spacial score (nSPS) is 26.0. The summed E-state index contributed by atoms with van der Waals surface area (Å²) in [5.74, 6) is -1.10. The lowest BCUT2D eigenvalue weighted by Crippen LogP contribution is -2.60. The number of aliphatic carboxylic acids is 1. The van der Waals surface area contributed by atoms with E-state index in [1.807, 2.05) is 0 Å². The van der Waals surface area contributed by atoms with Crippen LogP contribution >= 0.6 is 0 Å². The van der Waals surface area contributed by atoms with Gasteiger partial charge in [-0.25, -0.2) is 0 Å². The van der Waals surface area contributed by atoms with Crippen molar-refractivity contribution in [1.82, 2.24) is 5.32 Å². The molecule has 18 heavy (non-hydrogen) atoms. The Balaban J connectivity index is 3.15. The highest BCUT2D eigenvalue weighted by Crippen LogP contribution is 2.44. The first kappa shape index (κ1) is 15.0. The van der Waals surface area contributed by atoms with Crippen LogP contribution in [0.3, 0.4) is 0 Å². The molecule has 4 heteroatoms. The molecule has 1 aliphatic heterocycles. The van der Waals surface area contributed by atoms with Gasteiger partial charge in [0.25, 0.3) is 0 Å². The highest BCUT2D eigenvalue weighted by Gasteiger charge is 2.51. The van der Waals surface area contributed by atoms with Gasteiger partial charge in [0.15, 0.2) is 5.41 Å². The predicted octanol–water partition coefficient (Wildman–Crippen LogP) is 2.55. The quantitative estimate of drug-likeness (QED) is 0.809. The Labute approximate surface area is 109 Å². The molecule has 1 unspecified atom stereocenters. The van der Waals surface area contributed by atoms with Gasteiger partial charge in [0, 0.05) is 11.1 Å². The summed E-state index contributed by atoms with van der Waals surface area (Å²) in [5.41, 5.74) is -1.53. The SMILES string of the molecule is CCC(C#N)(C(=O)O)C1CC(C)(C)NC(C)(C)C1. The van der Waals surface area contributed by atoms with Gasteiger partial charge in [0.1, 0.15) is 0 Å². The first-order valence-corrected chi connectivity index (χ1v) is 6.52. The number of hydrogen-bond acceptors (Lipinski definition) is 3. The highest BCUT2D eigenvalue weighted by atomic mass is 16.4. The van der Waals surface area contributed by atoms with Crippen LogP contribution < -0.4 is 5.32 Å². The van der Waals surface area contributed by atoms with Gasteiger partial charge >= 0.3 is 5.97 Å². The maximum absolute atomic E-state index is 11.6. The summed E-state index contributed by atoms with van der Waals surface area (Å²) in [6.45, 7) is 10.1. The van der Waals surface area contributed by atoms with E-state index < -0.39 is 11.4 Å². The van der Waals surface area contributed by atoms with Crippen LogP contribution in [0.5, 0.6) is 0 Å². The van der Waals surface area contributed by atoms with E-state index in [0.717, 1.165) is 0 Å². The topological polar surface area (TPSA) is 73.1 Å². The molecule has 0 aromatic heterocycles. The first-order chi connectivity index (χ1) is 8.08. The van der Waals surface area contributed by atoms with E-state index in [9.17, 15) is 15.2 Å². The molecule has 0 bridgehead atoms. The molecular formula is C14H24N2O2. The maximum atomic E-state index is 11.6. The van der Waals surface area contributed by atoms with Crippen molar-refractivity contribution in [2.24, 2.45) is 11.3 Å². The molecule has 4 nitrogen and oxygen atoms in total.